The summed E-state index contributed by atoms with van der Waals surface area (Å²) in [7, 11) is 0. The fourth-order valence-electron chi connectivity index (χ4n) is 7.14. The molecule has 0 heterocycles. The van der Waals surface area contributed by atoms with E-state index in [1.165, 1.54) is 141 Å². The van der Waals surface area contributed by atoms with Crippen molar-refractivity contribution in [2.24, 2.45) is 0 Å². The van der Waals surface area contributed by atoms with Crippen LogP contribution in [0.25, 0.3) is 0 Å². The molecule has 0 rings (SSSR count). The van der Waals surface area contributed by atoms with Crippen molar-refractivity contribution in [1.29, 1.82) is 0 Å². The fourth-order valence-corrected chi connectivity index (χ4v) is 7.14. The Kier molecular flexibility index (Phi) is 41.9. The topological polar surface area (TPSA) is 92.7 Å². The minimum atomic E-state index is -1.02. The average Bonchev–Trinajstić information content (AvgIpc) is 3.16. The Morgan fingerprint density at radius 3 is 1.30 bits per heavy atom. The molecule has 6 heteroatoms. The van der Waals surface area contributed by atoms with Crippen LogP contribution in [0.2, 0.25) is 0 Å². The minimum Gasteiger partial charge on any atom is -0.480 e. The van der Waals surface area contributed by atoms with Gasteiger partial charge in [0.15, 0.2) is 0 Å². The predicted molar refractivity (Wildman–Crippen MR) is 231 cm³/mol. The molecule has 0 saturated heterocycles. The molecule has 1 unspecified atom stereocenters. The van der Waals surface area contributed by atoms with Crippen molar-refractivity contribution < 1.29 is 24.2 Å². The molecule has 2 N–H and O–H groups in total. The molecule has 1 atom stereocenters. The number of allylic oxidation sites excluding steroid dienone is 4. The van der Waals surface area contributed by atoms with Gasteiger partial charge >= 0.3 is 11.9 Å². The zero-order valence-corrected chi connectivity index (χ0v) is 35.8. The average molecular weight is 760 g/mol. The standard InChI is InChI=1S/C48H89NO5/c1-3-5-7-9-11-13-15-17-19-20-22-24-26-28-30-35-39-43-48(53)54-45(41-37-33-31-34-38-42-46(50)49-44-47(51)52)40-36-32-29-27-25-23-21-18-16-14-12-10-8-6-4-2/h16,18,23,25,45H,3-15,17,19-22,24,26-44H2,1-2H3,(H,49,50)(H,51,52)/b18-16-,25-23-. The van der Waals surface area contributed by atoms with E-state index in [2.05, 4.69) is 43.5 Å². The Balaban J connectivity index is 4.17. The maximum Gasteiger partial charge on any atom is 0.322 e. The van der Waals surface area contributed by atoms with E-state index in [-0.39, 0.29) is 24.5 Å². The van der Waals surface area contributed by atoms with Crippen LogP contribution in [0.15, 0.2) is 24.3 Å². The van der Waals surface area contributed by atoms with Gasteiger partial charge in [-0.15, -0.1) is 0 Å². The second-order valence-corrected chi connectivity index (χ2v) is 16.0. The summed E-state index contributed by atoms with van der Waals surface area (Å²) in [6.45, 7) is 4.23. The molecule has 54 heavy (non-hydrogen) atoms. The van der Waals surface area contributed by atoms with Gasteiger partial charge < -0.3 is 15.2 Å². The van der Waals surface area contributed by atoms with Gasteiger partial charge in [-0.3, -0.25) is 14.4 Å². The highest BCUT2D eigenvalue weighted by molar-refractivity contribution is 5.80. The normalized spacial score (nSPS) is 12.2. The summed E-state index contributed by atoms with van der Waals surface area (Å²) in [4.78, 5) is 35.1. The molecular formula is C48H89NO5. The Hall–Kier alpha value is -2.11. The molecular weight excluding hydrogens is 671 g/mol. The molecule has 6 nitrogen and oxygen atoms in total. The van der Waals surface area contributed by atoms with Crippen molar-refractivity contribution in [3.8, 4) is 0 Å². The number of carboxylic acids is 1. The van der Waals surface area contributed by atoms with E-state index < -0.39 is 5.97 Å². The summed E-state index contributed by atoms with van der Waals surface area (Å²) in [6, 6.07) is 0. The van der Waals surface area contributed by atoms with E-state index in [1.54, 1.807) is 0 Å². The van der Waals surface area contributed by atoms with E-state index in [1.807, 2.05) is 0 Å². The van der Waals surface area contributed by atoms with Crippen molar-refractivity contribution in [3.05, 3.63) is 24.3 Å². The van der Waals surface area contributed by atoms with E-state index in [9.17, 15) is 14.4 Å². The molecule has 0 aromatic heterocycles. The van der Waals surface area contributed by atoms with Crippen LogP contribution in [0.1, 0.15) is 251 Å². The fraction of sp³-hybridized carbons (Fsp3) is 0.854. The molecule has 0 fully saturated rings. The lowest BCUT2D eigenvalue weighted by atomic mass is 10.0. The summed E-state index contributed by atoms with van der Waals surface area (Å²) >= 11 is 0. The Bertz CT molecular complexity index is 884. The number of nitrogens with one attached hydrogen (secondary N) is 1. The second-order valence-electron chi connectivity index (χ2n) is 16.0. The van der Waals surface area contributed by atoms with Crippen molar-refractivity contribution in [3.63, 3.8) is 0 Å². The Morgan fingerprint density at radius 1 is 0.481 bits per heavy atom. The molecule has 0 aliphatic rings. The highest BCUT2D eigenvalue weighted by atomic mass is 16.5. The van der Waals surface area contributed by atoms with Crippen LogP contribution in [0, 0.1) is 0 Å². The summed E-state index contributed by atoms with van der Waals surface area (Å²) in [5.41, 5.74) is 0. The summed E-state index contributed by atoms with van der Waals surface area (Å²) in [6.07, 6.45) is 53.1. The van der Waals surface area contributed by atoms with Gasteiger partial charge in [0.2, 0.25) is 5.91 Å². The predicted octanol–water partition coefficient (Wildman–Crippen LogP) is 14.7. The Morgan fingerprint density at radius 2 is 0.852 bits per heavy atom. The third-order valence-electron chi connectivity index (χ3n) is 10.6. The van der Waals surface area contributed by atoms with E-state index in [4.69, 9.17) is 9.84 Å². The van der Waals surface area contributed by atoms with Crippen LogP contribution in [0.5, 0.6) is 0 Å². The summed E-state index contributed by atoms with van der Waals surface area (Å²) in [5.74, 6) is -1.23. The monoisotopic (exact) mass is 760 g/mol. The largest absolute Gasteiger partial charge is 0.480 e. The molecule has 0 bridgehead atoms. The number of carbonyl (C=O) groups is 3. The molecule has 316 valence electrons. The number of ether oxygens (including phenoxy) is 1. The lowest BCUT2D eigenvalue weighted by Gasteiger charge is -2.18. The minimum absolute atomic E-state index is 0.00717. The van der Waals surface area contributed by atoms with Gasteiger partial charge in [0, 0.05) is 12.8 Å². The number of esters is 1. The Labute approximate surface area is 334 Å². The first-order chi connectivity index (χ1) is 26.5. The third-order valence-corrected chi connectivity index (χ3v) is 10.6. The zero-order chi connectivity index (χ0) is 39.4. The molecule has 0 saturated carbocycles. The van der Waals surface area contributed by atoms with E-state index in [0.717, 1.165) is 83.5 Å². The number of aliphatic carboxylic acids is 1. The van der Waals surface area contributed by atoms with Crippen LogP contribution in [-0.2, 0) is 19.1 Å². The van der Waals surface area contributed by atoms with Gasteiger partial charge in [-0.05, 0) is 70.6 Å². The van der Waals surface area contributed by atoms with Crippen molar-refractivity contribution >= 4 is 17.8 Å². The van der Waals surface area contributed by atoms with Crippen molar-refractivity contribution in [2.75, 3.05) is 6.54 Å². The molecule has 0 aliphatic carbocycles. The maximum absolute atomic E-state index is 12.8. The first-order valence-corrected chi connectivity index (χ1v) is 23.5. The maximum atomic E-state index is 12.8. The van der Waals surface area contributed by atoms with Crippen molar-refractivity contribution in [2.45, 2.75) is 258 Å². The molecule has 0 aromatic rings. The van der Waals surface area contributed by atoms with Crippen LogP contribution in [0.4, 0.5) is 0 Å². The zero-order valence-electron chi connectivity index (χ0n) is 35.8. The quantitative estimate of drug-likeness (QED) is 0.0367. The third kappa shape index (κ3) is 42.6. The molecule has 1 amide bonds. The number of amides is 1. The number of hydrogen-bond donors (Lipinski definition) is 2. The van der Waals surface area contributed by atoms with Crippen LogP contribution in [-0.4, -0.2) is 35.6 Å². The highest BCUT2D eigenvalue weighted by Gasteiger charge is 2.14. The van der Waals surface area contributed by atoms with E-state index in [0.29, 0.717) is 12.8 Å². The molecule has 0 radical (unpaired) electrons. The molecule has 0 aliphatic heterocycles. The van der Waals surface area contributed by atoms with Crippen LogP contribution >= 0.6 is 0 Å². The van der Waals surface area contributed by atoms with Gasteiger partial charge in [-0.2, -0.15) is 0 Å². The number of hydrogen-bond acceptors (Lipinski definition) is 4. The van der Waals surface area contributed by atoms with Gasteiger partial charge in [0.25, 0.3) is 0 Å². The van der Waals surface area contributed by atoms with Gasteiger partial charge in [0.1, 0.15) is 12.6 Å². The lowest BCUT2D eigenvalue weighted by Crippen LogP contribution is -2.28. The summed E-state index contributed by atoms with van der Waals surface area (Å²) < 4.78 is 6.04. The van der Waals surface area contributed by atoms with E-state index >= 15 is 0 Å². The molecule has 0 aromatic carbocycles. The number of rotatable bonds is 43. The highest BCUT2D eigenvalue weighted by Crippen LogP contribution is 2.19. The number of unbranched alkanes of at least 4 members (excludes halogenated alkanes) is 28. The lowest BCUT2D eigenvalue weighted by molar-refractivity contribution is -0.150. The summed E-state index contributed by atoms with van der Waals surface area (Å²) in [5, 5.41) is 11.1. The van der Waals surface area contributed by atoms with Crippen LogP contribution in [0.3, 0.4) is 0 Å². The van der Waals surface area contributed by atoms with Gasteiger partial charge in [-0.1, -0.05) is 192 Å². The SMILES string of the molecule is CCCCCCC/C=C\C/C=C\CCCCCC(CCCCCCCC(=O)NCC(=O)O)OC(=O)CCCCCCCCCCCCCCCCCCC. The number of carboxylic acid groups (broad SMARTS) is 1. The van der Waals surface area contributed by atoms with Crippen LogP contribution < -0.4 is 5.32 Å². The van der Waals surface area contributed by atoms with Crippen molar-refractivity contribution in [1.82, 2.24) is 5.32 Å². The molecule has 0 spiro atoms. The van der Waals surface area contributed by atoms with Gasteiger partial charge in [0.05, 0.1) is 0 Å². The smallest absolute Gasteiger partial charge is 0.322 e. The van der Waals surface area contributed by atoms with Gasteiger partial charge in [-0.25, -0.2) is 0 Å². The number of carbonyl (C=O) groups excluding carboxylic acids is 2. The first-order valence-electron chi connectivity index (χ1n) is 23.5. The first kappa shape index (κ1) is 51.9. The second kappa shape index (κ2) is 43.6.